The lowest BCUT2D eigenvalue weighted by Gasteiger charge is -2.30. The molecule has 4 fully saturated rings. The molecule has 58 heavy (non-hydrogen) atoms. The summed E-state index contributed by atoms with van der Waals surface area (Å²) in [6.45, 7) is -0.112. The lowest BCUT2D eigenvalue weighted by molar-refractivity contribution is -0.141. The van der Waals surface area contributed by atoms with E-state index in [2.05, 4.69) is 20.5 Å². The first kappa shape index (κ1) is 39.6. The Labute approximate surface area is 336 Å². The molecule has 3 saturated carbocycles. The molecule has 2 unspecified atom stereocenters. The van der Waals surface area contributed by atoms with Gasteiger partial charge < -0.3 is 25.0 Å². The van der Waals surface area contributed by atoms with Crippen LogP contribution in [-0.4, -0.2) is 89.5 Å². The third-order valence-corrected chi connectivity index (χ3v) is 14.1. The highest BCUT2D eigenvalue weighted by Crippen LogP contribution is 2.46. The molecule has 4 amide bonds. The van der Waals surface area contributed by atoms with E-state index in [0.717, 1.165) is 49.3 Å². The molecular weight excluding hydrogens is 765 g/mol. The fourth-order valence-electron chi connectivity index (χ4n) is 8.85. The van der Waals surface area contributed by atoms with Crippen molar-refractivity contribution < 1.29 is 37.1 Å². The van der Waals surface area contributed by atoms with Crippen LogP contribution in [0.3, 0.4) is 0 Å². The van der Waals surface area contributed by atoms with Crippen LogP contribution in [0.15, 0.2) is 65.6 Å². The van der Waals surface area contributed by atoms with Crippen LogP contribution in [0, 0.1) is 5.92 Å². The summed E-state index contributed by atoms with van der Waals surface area (Å²) < 4.78 is 40.7. The molecule has 16 heteroatoms. The number of benzene rings is 2. The van der Waals surface area contributed by atoms with Gasteiger partial charge in [0.1, 0.15) is 23.7 Å². The Bertz CT molecular complexity index is 2300. The molecule has 1 saturated heterocycles. The molecule has 3 aromatic rings. The van der Waals surface area contributed by atoms with Crippen LogP contribution < -0.4 is 25.7 Å². The van der Waals surface area contributed by atoms with E-state index in [1.54, 1.807) is 0 Å². The summed E-state index contributed by atoms with van der Waals surface area (Å²) >= 11 is 0. The summed E-state index contributed by atoms with van der Waals surface area (Å²) in [5.74, 6) is -2.24. The predicted molar refractivity (Wildman–Crippen MR) is 214 cm³/mol. The number of nitrogens with one attached hydrogen (secondary N) is 3. The molecule has 0 radical (unpaired) electrons. The van der Waals surface area contributed by atoms with Crippen molar-refractivity contribution in [2.75, 3.05) is 13.7 Å². The van der Waals surface area contributed by atoms with Crippen LogP contribution in [0.2, 0.25) is 0 Å². The molecule has 5 atom stereocenters. The first-order chi connectivity index (χ1) is 28.0. The number of ether oxygens (including phenoxy) is 2. The van der Waals surface area contributed by atoms with Crippen LogP contribution in [-0.2, 0) is 29.1 Å². The Kier molecular flexibility index (Phi) is 11.0. The van der Waals surface area contributed by atoms with Crippen molar-refractivity contribution in [2.45, 2.75) is 118 Å². The molecule has 2 aliphatic heterocycles. The first-order valence-electron chi connectivity index (χ1n) is 20.5. The minimum Gasteiger partial charge on any atom is -0.494 e. The number of amides is 4. The number of rotatable bonds is 8. The van der Waals surface area contributed by atoms with Gasteiger partial charge in [-0.2, -0.15) is 5.10 Å². The minimum absolute atomic E-state index is 0.0520. The number of carbonyl (C=O) groups is 4. The average Bonchev–Trinajstić information content (AvgIpc) is 4.08. The smallest absolute Gasteiger partial charge is 0.408 e. The largest absolute Gasteiger partial charge is 0.494 e. The van der Waals surface area contributed by atoms with E-state index in [9.17, 15) is 32.4 Å². The van der Waals surface area contributed by atoms with Crippen LogP contribution >= 0.6 is 0 Å². The number of carbonyl (C=O) groups excluding carboxylic acids is 4. The van der Waals surface area contributed by atoms with E-state index >= 15 is 0 Å². The number of aromatic nitrogens is 2. The van der Waals surface area contributed by atoms with Gasteiger partial charge in [0, 0.05) is 18.9 Å². The van der Waals surface area contributed by atoms with E-state index in [0.29, 0.717) is 31.2 Å². The summed E-state index contributed by atoms with van der Waals surface area (Å²) in [4.78, 5) is 72.3. The number of fused-ring (bicyclic) bond motifs is 3. The van der Waals surface area contributed by atoms with Crippen molar-refractivity contribution in [3.63, 3.8) is 0 Å². The Hall–Kier alpha value is -5.25. The molecule has 15 nitrogen and oxygen atoms in total. The standard InChI is InChI=1S/C42H50N6O9S/c1-56-35-24-43-48(39(51)36(35)32-18-11-13-26-12-7-10-17-31(26)32)28-22-34-37(49)45-42(40(52)46-58(54,55)30-20-21-30)23-27(42)14-5-3-2-4-6-19-33(38(50)47(34)25-28)44-41(53)57-29-15-8-9-16-29/h5,7,10-14,17-18,24,27-30,33-34H,2-4,6,8-9,15-16,19-23,25H2,1H3,(H,44,53)(H,45,49)(H,46,52)/b14-5-/t27-,28?,33+,34+,42?/m1/s1. The second kappa shape index (κ2) is 16.2. The van der Waals surface area contributed by atoms with Crippen molar-refractivity contribution in [3.8, 4) is 16.9 Å². The highest BCUT2D eigenvalue weighted by molar-refractivity contribution is 7.91. The van der Waals surface area contributed by atoms with Gasteiger partial charge in [-0.25, -0.2) is 17.9 Å². The van der Waals surface area contributed by atoms with Crippen molar-refractivity contribution in [2.24, 2.45) is 5.92 Å². The Morgan fingerprint density at radius 1 is 0.948 bits per heavy atom. The van der Waals surface area contributed by atoms with Gasteiger partial charge in [0.2, 0.25) is 21.8 Å². The van der Waals surface area contributed by atoms with Gasteiger partial charge in [0.05, 0.1) is 30.2 Å². The van der Waals surface area contributed by atoms with Crippen molar-refractivity contribution in [1.29, 1.82) is 0 Å². The molecule has 308 valence electrons. The van der Waals surface area contributed by atoms with Gasteiger partial charge in [-0.05, 0) is 80.5 Å². The van der Waals surface area contributed by atoms with Crippen LogP contribution in [0.4, 0.5) is 4.79 Å². The lowest BCUT2D eigenvalue weighted by atomic mass is 9.99. The van der Waals surface area contributed by atoms with Gasteiger partial charge in [0.15, 0.2) is 5.75 Å². The quantitative estimate of drug-likeness (QED) is 0.277. The van der Waals surface area contributed by atoms with Gasteiger partial charge >= 0.3 is 6.09 Å². The molecule has 5 aliphatic rings. The number of hydrogen-bond donors (Lipinski definition) is 3. The van der Waals surface area contributed by atoms with Gasteiger partial charge in [-0.1, -0.05) is 67.5 Å². The van der Waals surface area contributed by atoms with Crippen molar-refractivity contribution >= 4 is 44.6 Å². The van der Waals surface area contributed by atoms with Crippen LogP contribution in [0.5, 0.6) is 5.75 Å². The Morgan fingerprint density at radius 2 is 1.71 bits per heavy atom. The zero-order valence-corrected chi connectivity index (χ0v) is 33.4. The number of hydrogen-bond acceptors (Lipinski definition) is 10. The second-order valence-electron chi connectivity index (χ2n) is 16.3. The van der Waals surface area contributed by atoms with Gasteiger partial charge in [-0.15, -0.1) is 0 Å². The van der Waals surface area contributed by atoms with Crippen molar-refractivity contribution in [3.05, 3.63) is 71.2 Å². The first-order valence-corrected chi connectivity index (χ1v) is 22.0. The Balaban J connectivity index is 1.15. The average molecular weight is 815 g/mol. The molecular formula is C42H50N6O9S. The third kappa shape index (κ3) is 7.94. The van der Waals surface area contributed by atoms with E-state index in [1.165, 1.54) is 22.9 Å². The Morgan fingerprint density at radius 3 is 2.48 bits per heavy atom. The number of sulfonamides is 1. The molecule has 0 bridgehead atoms. The van der Waals surface area contributed by atoms with E-state index in [1.807, 2.05) is 54.6 Å². The maximum absolute atomic E-state index is 14.7. The lowest BCUT2D eigenvalue weighted by Crippen LogP contribution is -2.58. The normalized spacial score (nSPS) is 27.4. The molecule has 8 rings (SSSR count). The number of methoxy groups -OCH3 is 1. The SMILES string of the molecule is COc1cnn(C2C[C@H]3C(=O)NC4(C(=O)NS(=O)(=O)C5CC5)C[C@H]4/C=C\CCCCC[C@H](NC(=O)OC4CCCC4)C(=O)N3C2)c(=O)c1-c1cccc2ccccc12. The number of alkyl carbamates (subject to hydrolysis) is 1. The molecule has 1 aromatic heterocycles. The summed E-state index contributed by atoms with van der Waals surface area (Å²) in [7, 11) is -2.47. The minimum atomic E-state index is -3.93. The fraction of sp³-hybridized carbons (Fsp3) is 0.524. The van der Waals surface area contributed by atoms with E-state index in [4.69, 9.17) is 9.47 Å². The van der Waals surface area contributed by atoms with Gasteiger partial charge in [0.25, 0.3) is 11.5 Å². The third-order valence-electron chi connectivity index (χ3n) is 12.3. The zero-order chi connectivity index (χ0) is 40.6. The van der Waals surface area contributed by atoms with Crippen LogP contribution in [0.25, 0.3) is 21.9 Å². The second-order valence-corrected chi connectivity index (χ2v) is 18.2. The predicted octanol–water partition coefficient (Wildman–Crippen LogP) is 4.26. The maximum atomic E-state index is 14.7. The zero-order valence-electron chi connectivity index (χ0n) is 32.6. The number of nitrogens with zero attached hydrogens (tertiary/aromatic N) is 3. The highest BCUT2D eigenvalue weighted by Gasteiger charge is 2.62. The monoisotopic (exact) mass is 814 g/mol. The molecule has 2 aromatic carbocycles. The summed E-state index contributed by atoms with van der Waals surface area (Å²) in [5, 5.41) is 11.3. The summed E-state index contributed by atoms with van der Waals surface area (Å²) in [5.41, 5.74) is -1.14. The fourth-order valence-corrected chi connectivity index (χ4v) is 10.2. The van der Waals surface area contributed by atoms with Gasteiger partial charge in [-0.3, -0.25) is 23.9 Å². The van der Waals surface area contributed by atoms with Crippen LogP contribution in [0.1, 0.15) is 89.5 Å². The molecule has 3 aliphatic carbocycles. The summed E-state index contributed by atoms with van der Waals surface area (Å²) in [6.07, 6.45) is 11.8. The topological polar surface area (TPSA) is 195 Å². The number of allylic oxidation sites excluding steroid dienone is 1. The van der Waals surface area contributed by atoms with E-state index in [-0.39, 0.29) is 43.2 Å². The summed E-state index contributed by atoms with van der Waals surface area (Å²) in [6, 6.07) is 10.2. The molecule has 0 spiro atoms. The van der Waals surface area contributed by atoms with Crippen molar-refractivity contribution in [1.82, 2.24) is 30.0 Å². The maximum Gasteiger partial charge on any atom is 0.408 e. The highest BCUT2D eigenvalue weighted by atomic mass is 32.2. The molecule has 3 N–H and O–H groups in total. The molecule has 3 heterocycles. The van der Waals surface area contributed by atoms with E-state index < -0.39 is 74.2 Å².